The molecule has 2 aliphatic heterocycles. The van der Waals surface area contributed by atoms with Crippen LogP contribution in [0.15, 0.2) is 45.7 Å². The molecule has 0 N–H and O–H groups in total. The molecule has 1 atom stereocenters. The summed E-state index contributed by atoms with van der Waals surface area (Å²) in [5, 5.41) is 8.04. The molecule has 11 heteroatoms. The average molecular weight is 484 g/mol. The van der Waals surface area contributed by atoms with Crippen molar-refractivity contribution < 1.29 is 33.0 Å². The minimum absolute atomic E-state index is 0.100. The third kappa shape index (κ3) is 3.43. The Bertz CT molecular complexity index is 1250. The van der Waals surface area contributed by atoms with Crippen LogP contribution < -0.4 is 19.1 Å². The number of carbonyl (C=O) groups is 2. The van der Waals surface area contributed by atoms with Gasteiger partial charge in [0.1, 0.15) is 0 Å². The van der Waals surface area contributed by atoms with Gasteiger partial charge in [-0.05, 0) is 24.3 Å². The van der Waals surface area contributed by atoms with Gasteiger partial charge < -0.3 is 23.4 Å². The zero-order chi connectivity index (χ0) is 23.9. The van der Waals surface area contributed by atoms with E-state index in [2.05, 4.69) is 10.2 Å². The number of amides is 1. The Balaban J connectivity index is 1.34. The highest BCUT2D eigenvalue weighted by Crippen LogP contribution is 2.56. The zero-order valence-corrected chi connectivity index (χ0v) is 19.5. The van der Waals surface area contributed by atoms with Gasteiger partial charge in [-0.2, -0.15) is 0 Å². The van der Waals surface area contributed by atoms with Gasteiger partial charge in [0.05, 0.1) is 27.0 Å². The molecule has 1 unspecified atom stereocenters. The van der Waals surface area contributed by atoms with Crippen molar-refractivity contribution in [2.24, 2.45) is 0 Å². The molecule has 0 spiro atoms. The summed E-state index contributed by atoms with van der Waals surface area (Å²) in [7, 11) is 4.53. The summed E-state index contributed by atoms with van der Waals surface area (Å²) in [6.45, 7) is -0.225. The highest BCUT2D eigenvalue weighted by molar-refractivity contribution is 8.02. The number of para-hydroxylation sites is 1. The molecule has 3 aromatic rings. The van der Waals surface area contributed by atoms with Crippen molar-refractivity contribution in [3.05, 3.63) is 42.3 Å². The Kier molecular flexibility index (Phi) is 5.56. The maximum Gasteiger partial charge on any atom is 0.344 e. The average Bonchev–Trinajstić information content (AvgIpc) is 3.56. The largest absolute Gasteiger partial charge is 0.493 e. The number of hydrogen-bond acceptors (Lipinski definition) is 10. The van der Waals surface area contributed by atoms with Crippen LogP contribution in [0.3, 0.4) is 0 Å². The number of fused-ring (bicyclic) bond motifs is 3. The summed E-state index contributed by atoms with van der Waals surface area (Å²) in [6, 6.07) is 10.8. The van der Waals surface area contributed by atoms with Crippen molar-refractivity contribution in [2.75, 3.05) is 26.2 Å². The molecule has 1 aromatic heterocycles. The first-order valence-electron chi connectivity index (χ1n) is 10.4. The summed E-state index contributed by atoms with van der Waals surface area (Å²) in [5.41, 5.74) is 1.28. The SMILES string of the molecule is COc1cc(-c2nnc(COC(=O)C34CCC(=O)N3c3ccccc3S4)o2)cc(OC)c1OC. The Morgan fingerprint density at radius 3 is 2.56 bits per heavy atom. The molecule has 10 nitrogen and oxygen atoms in total. The number of thioether (sulfide) groups is 1. The van der Waals surface area contributed by atoms with Crippen LogP contribution in [0.25, 0.3) is 11.5 Å². The molecule has 0 saturated carbocycles. The molecule has 1 amide bonds. The number of rotatable bonds is 7. The molecule has 0 radical (unpaired) electrons. The highest BCUT2D eigenvalue weighted by Gasteiger charge is 2.58. The molecule has 2 aliphatic rings. The lowest BCUT2D eigenvalue weighted by atomic mass is 10.2. The second-order valence-electron chi connectivity index (χ2n) is 7.57. The minimum Gasteiger partial charge on any atom is -0.493 e. The van der Waals surface area contributed by atoms with Crippen molar-refractivity contribution in [1.82, 2.24) is 10.2 Å². The predicted octanol–water partition coefficient (Wildman–Crippen LogP) is 3.43. The minimum atomic E-state index is -1.11. The van der Waals surface area contributed by atoms with Crippen molar-refractivity contribution in [3.8, 4) is 28.7 Å². The molecule has 3 heterocycles. The van der Waals surface area contributed by atoms with E-state index in [-0.39, 0.29) is 30.7 Å². The first-order valence-corrected chi connectivity index (χ1v) is 11.2. The van der Waals surface area contributed by atoms with Crippen LogP contribution >= 0.6 is 11.8 Å². The van der Waals surface area contributed by atoms with E-state index in [1.54, 1.807) is 17.0 Å². The fourth-order valence-corrected chi connectivity index (χ4v) is 5.56. The third-order valence-electron chi connectivity index (χ3n) is 5.70. The van der Waals surface area contributed by atoms with Crippen LogP contribution in [-0.2, 0) is 20.9 Å². The number of aromatic nitrogens is 2. The lowest BCUT2D eigenvalue weighted by Gasteiger charge is -2.28. The molecule has 176 valence electrons. The fraction of sp³-hybridized carbons (Fsp3) is 0.304. The first-order chi connectivity index (χ1) is 16.5. The van der Waals surface area contributed by atoms with Crippen LogP contribution in [0, 0.1) is 0 Å². The van der Waals surface area contributed by atoms with Crippen LogP contribution in [0.4, 0.5) is 5.69 Å². The molecular formula is C23H21N3O7S. The number of nitrogens with zero attached hydrogens (tertiary/aromatic N) is 3. The molecule has 5 rings (SSSR count). The Labute approximate surface area is 199 Å². The number of hydrogen-bond donors (Lipinski definition) is 0. The summed E-state index contributed by atoms with van der Waals surface area (Å²) in [4.78, 5) is 27.0. The summed E-state index contributed by atoms with van der Waals surface area (Å²) in [6.07, 6.45) is 0.646. The van der Waals surface area contributed by atoms with Gasteiger partial charge in [0.2, 0.25) is 17.5 Å². The van der Waals surface area contributed by atoms with Gasteiger partial charge >= 0.3 is 5.97 Å². The van der Waals surface area contributed by atoms with E-state index in [0.29, 0.717) is 29.2 Å². The quantitative estimate of drug-likeness (QED) is 0.463. The Hall–Kier alpha value is -3.73. The maximum atomic E-state index is 13.2. The number of methoxy groups -OCH3 is 3. The van der Waals surface area contributed by atoms with Gasteiger partial charge in [-0.1, -0.05) is 23.9 Å². The summed E-state index contributed by atoms with van der Waals surface area (Å²) >= 11 is 1.34. The van der Waals surface area contributed by atoms with Gasteiger partial charge in [-0.3, -0.25) is 9.69 Å². The van der Waals surface area contributed by atoms with E-state index in [1.165, 1.54) is 33.1 Å². The van der Waals surface area contributed by atoms with Crippen LogP contribution in [0.5, 0.6) is 17.2 Å². The highest BCUT2D eigenvalue weighted by atomic mass is 32.2. The monoisotopic (exact) mass is 483 g/mol. The molecule has 0 bridgehead atoms. The molecule has 2 aromatic carbocycles. The number of ether oxygens (including phenoxy) is 4. The van der Waals surface area contributed by atoms with E-state index in [4.69, 9.17) is 23.4 Å². The lowest BCUT2D eigenvalue weighted by molar-refractivity contribution is -0.148. The number of anilines is 1. The molecule has 1 saturated heterocycles. The lowest BCUT2D eigenvalue weighted by Crippen LogP contribution is -2.47. The van der Waals surface area contributed by atoms with E-state index < -0.39 is 10.8 Å². The zero-order valence-electron chi connectivity index (χ0n) is 18.7. The van der Waals surface area contributed by atoms with Gasteiger partial charge in [0, 0.05) is 23.3 Å². The smallest absolute Gasteiger partial charge is 0.344 e. The van der Waals surface area contributed by atoms with Crippen LogP contribution in [-0.4, -0.2) is 48.3 Å². The van der Waals surface area contributed by atoms with Crippen molar-refractivity contribution in [1.29, 1.82) is 0 Å². The van der Waals surface area contributed by atoms with Gasteiger partial charge in [0.15, 0.2) is 23.0 Å². The Morgan fingerprint density at radius 1 is 1.12 bits per heavy atom. The number of carbonyl (C=O) groups excluding carboxylic acids is 2. The molecular weight excluding hydrogens is 462 g/mol. The van der Waals surface area contributed by atoms with E-state index in [9.17, 15) is 9.59 Å². The molecule has 0 aliphatic carbocycles. The van der Waals surface area contributed by atoms with E-state index in [0.717, 1.165) is 10.6 Å². The topological polar surface area (TPSA) is 113 Å². The van der Waals surface area contributed by atoms with Crippen molar-refractivity contribution in [3.63, 3.8) is 0 Å². The second kappa shape index (κ2) is 8.56. The predicted molar refractivity (Wildman–Crippen MR) is 121 cm³/mol. The normalized spacial score (nSPS) is 18.4. The van der Waals surface area contributed by atoms with Gasteiger partial charge in [0.25, 0.3) is 5.89 Å². The third-order valence-corrected chi connectivity index (χ3v) is 7.15. The molecule has 1 fully saturated rings. The standard InChI is InChI=1S/C23H21N3O7S/c1-29-15-10-13(11-16(30-2)20(15)31-3)21-25-24-18(33-21)12-32-22(28)23-9-8-19(27)26(23)14-6-4-5-7-17(14)34-23/h4-7,10-11H,8-9,12H2,1-3H3. The molecule has 34 heavy (non-hydrogen) atoms. The van der Waals surface area contributed by atoms with Crippen molar-refractivity contribution in [2.45, 2.75) is 29.2 Å². The van der Waals surface area contributed by atoms with Crippen LogP contribution in [0.1, 0.15) is 18.7 Å². The van der Waals surface area contributed by atoms with Gasteiger partial charge in [-0.25, -0.2) is 4.79 Å². The first kappa shape index (κ1) is 22.1. The second-order valence-corrected chi connectivity index (χ2v) is 8.89. The van der Waals surface area contributed by atoms with Crippen LogP contribution in [0.2, 0.25) is 0 Å². The number of benzene rings is 2. The number of esters is 1. The van der Waals surface area contributed by atoms with E-state index in [1.807, 2.05) is 24.3 Å². The summed E-state index contributed by atoms with van der Waals surface area (Å²) < 4.78 is 27.3. The Morgan fingerprint density at radius 2 is 1.85 bits per heavy atom. The maximum absolute atomic E-state index is 13.2. The van der Waals surface area contributed by atoms with E-state index >= 15 is 0 Å². The van der Waals surface area contributed by atoms with Gasteiger partial charge in [-0.15, -0.1) is 10.2 Å². The van der Waals surface area contributed by atoms with Crippen molar-refractivity contribution >= 4 is 29.3 Å². The summed E-state index contributed by atoms with van der Waals surface area (Å²) in [5.74, 6) is 1.00. The fourth-order valence-electron chi connectivity index (χ4n) is 4.15.